The van der Waals surface area contributed by atoms with Crippen LogP contribution in [0, 0.1) is 0 Å². The molecule has 1 aromatic heterocycles. The molecule has 13 heavy (non-hydrogen) atoms. The van der Waals surface area contributed by atoms with Crippen molar-refractivity contribution in [1.82, 2.24) is 10.3 Å². The molecule has 0 aliphatic rings. The van der Waals surface area contributed by atoms with E-state index in [0.717, 1.165) is 11.0 Å². The highest BCUT2D eigenvalue weighted by Crippen LogP contribution is 2.05. The van der Waals surface area contributed by atoms with E-state index in [1.165, 1.54) is 0 Å². The van der Waals surface area contributed by atoms with E-state index >= 15 is 0 Å². The molecule has 0 saturated carbocycles. The molecule has 72 valence electrons. The summed E-state index contributed by atoms with van der Waals surface area (Å²) in [7, 11) is 0. The molecule has 0 aliphatic carbocycles. The molecule has 0 radical (unpaired) electrons. The summed E-state index contributed by atoms with van der Waals surface area (Å²) in [5, 5.41) is 7.27. The maximum atomic E-state index is 4.46. The molecular formula is C10H16N2O. The van der Waals surface area contributed by atoms with Crippen molar-refractivity contribution in [2.45, 2.75) is 27.7 Å². The molecule has 0 fully saturated rings. The Morgan fingerprint density at radius 1 is 0.846 bits per heavy atom. The lowest BCUT2D eigenvalue weighted by Gasteiger charge is -1.76. The fraction of sp³-hybridized carbons (Fsp3) is 0.400. The van der Waals surface area contributed by atoms with E-state index in [2.05, 4.69) is 14.9 Å². The van der Waals surface area contributed by atoms with E-state index in [4.69, 9.17) is 0 Å². The monoisotopic (exact) mass is 180 g/mol. The van der Waals surface area contributed by atoms with Gasteiger partial charge in [0, 0.05) is 0 Å². The molecule has 0 amide bonds. The van der Waals surface area contributed by atoms with Gasteiger partial charge in [0.05, 0.1) is 0 Å². The number of fused-ring (bicyclic) bond motifs is 1. The van der Waals surface area contributed by atoms with Gasteiger partial charge in [-0.05, 0) is 22.4 Å². The van der Waals surface area contributed by atoms with Crippen molar-refractivity contribution in [1.29, 1.82) is 0 Å². The maximum Gasteiger partial charge on any atom is 0.135 e. The van der Waals surface area contributed by atoms with Crippen LogP contribution in [-0.4, -0.2) is 10.3 Å². The van der Waals surface area contributed by atoms with Crippen LogP contribution >= 0.6 is 0 Å². The molecule has 0 bridgehead atoms. The summed E-state index contributed by atoms with van der Waals surface area (Å²) in [4.78, 5) is 0. The zero-order valence-corrected chi connectivity index (χ0v) is 8.61. The minimum atomic E-state index is 0.803. The van der Waals surface area contributed by atoms with E-state index in [1.807, 2.05) is 52.0 Å². The Morgan fingerprint density at radius 2 is 1.23 bits per heavy atom. The Labute approximate surface area is 78.7 Å². The standard InChI is InChI=1S/C6H4N2O.2C2H6/c1-2-4-6-5(3-1)7-9-8-6;2*1-2/h1-4H;2*1-2H3. The van der Waals surface area contributed by atoms with Gasteiger partial charge in [0.1, 0.15) is 11.0 Å². The Morgan fingerprint density at radius 3 is 1.62 bits per heavy atom. The molecule has 0 spiro atoms. The van der Waals surface area contributed by atoms with Crippen LogP contribution in [0.25, 0.3) is 11.0 Å². The van der Waals surface area contributed by atoms with Gasteiger partial charge >= 0.3 is 0 Å². The topological polar surface area (TPSA) is 38.9 Å². The van der Waals surface area contributed by atoms with Crippen molar-refractivity contribution >= 4 is 11.0 Å². The first kappa shape index (κ1) is 11.6. The van der Waals surface area contributed by atoms with Crippen molar-refractivity contribution in [3.8, 4) is 0 Å². The highest BCUT2D eigenvalue weighted by Gasteiger charge is 1.93. The molecule has 2 aromatic rings. The van der Waals surface area contributed by atoms with E-state index in [1.54, 1.807) is 0 Å². The van der Waals surface area contributed by atoms with E-state index in [0.29, 0.717) is 0 Å². The molecule has 3 nitrogen and oxygen atoms in total. The largest absolute Gasteiger partial charge is 0.243 e. The van der Waals surface area contributed by atoms with Gasteiger partial charge in [-0.3, -0.25) is 0 Å². The normalized spacial score (nSPS) is 8.00. The van der Waals surface area contributed by atoms with E-state index in [9.17, 15) is 0 Å². The first-order chi connectivity index (χ1) is 6.47. The van der Waals surface area contributed by atoms with Gasteiger partial charge in [0.2, 0.25) is 0 Å². The highest BCUT2D eigenvalue weighted by atomic mass is 16.6. The molecule has 2 rings (SSSR count). The van der Waals surface area contributed by atoms with Crippen molar-refractivity contribution < 1.29 is 4.63 Å². The molecule has 0 unspecified atom stereocenters. The van der Waals surface area contributed by atoms with Crippen molar-refractivity contribution in [3.63, 3.8) is 0 Å². The zero-order chi connectivity index (χ0) is 10.1. The third-order valence-corrected chi connectivity index (χ3v) is 1.16. The SMILES string of the molecule is CC.CC.c1ccc2nonc2c1. The minimum absolute atomic E-state index is 0.803. The van der Waals surface area contributed by atoms with Crippen LogP contribution in [-0.2, 0) is 0 Å². The van der Waals surface area contributed by atoms with Crippen LogP contribution in [0.1, 0.15) is 27.7 Å². The number of aromatic nitrogens is 2. The first-order valence-corrected chi connectivity index (χ1v) is 4.64. The van der Waals surface area contributed by atoms with Gasteiger partial charge in [0.15, 0.2) is 0 Å². The minimum Gasteiger partial charge on any atom is -0.243 e. The molecule has 3 heteroatoms. The van der Waals surface area contributed by atoms with Crippen LogP contribution in [0.2, 0.25) is 0 Å². The fourth-order valence-corrected chi connectivity index (χ4v) is 0.727. The maximum absolute atomic E-state index is 4.46. The number of rotatable bonds is 0. The highest BCUT2D eigenvalue weighted by molar-refractivity contribution is 5.72. The van der Waals surface area contributed by atoms with Crippen molar-refractivity contribution in [3.05, 3.63) is 24.3 Å². The summed E-state index contributed by atoms with van der Waals surface area (Å²) < 4.78 is 4.46. The van der Waals surface area contributed by atoms with E-state index < -0.39 is 0 Å². The lowest BCUT2D eigenvalue weighted by atomic mass is 10.3. The summed E-state index contributed by atoms with van der Waals surface area (Å²) in [6.07, 6.45) is 0. The third-order valence-electron chi connectivity index (χ3n) is 1.16. The average Bonchev–Trinajstić information content (AvgIpc) is 2.71. The molecule has 0 saturated heterocycles. The second-order valence-electron chi connectivity index (χ2n) is 1.75. The fourth-order valence-electron chi connectivity index (χ4n) is 0.727. The molecular weight excluding hydrogens is 164 g/mol. The lowest BCUT2D eigenvalue weighted by Crippen LogP contribution is -1.63. The zero-order valence-electron chi connectivity index (χ0n) is 8.61. The summed E-state index contributed by atoms with van der Waals surface area (Å²) >= 11 is 0. The Bertz CT molecular complexity index is 287. The van der Waals surface area contributed by atoms with Crippen LogP contribution in [0.5, 0.6) is 0 Å². The summed E-state index contributed by atoms with van der Waals surface area (Å²) in [5.41, 5.74) is 1.61. The number of nitrogens with zero attached hydrogens (tertiary/aromatic N) is 2. The van der Waals surface area contributed by atoms with Crippen molar-refractivity contribution in [2.75, 3.05) is 0 Å². The van der Waals surface area contributed by atoms with Gasteiger partial charge in [0.25, 0.3) is 0 Å². The Balaban J connectivity index is 0.000000322. The molecule has 1 aromatic carbocycles. The quantitative estimate of drug-likeness (QED) is 0.624. The summed E-state index contributed by atoms with van der Waals surface area (Å²) in [6.45, 7) is 8.00. The molecule has 0 aliphatic heterocycles. The average molecular weight is 180 g/mol. The van der Waals surface area contributed by atoms with Gasteiger partial charge < -0.3 is 0 Å². The number of benzene rings is 1. The van der Waals surface area contributed by atoms with Crippen LogP contribution < -0.4 is 0 Å². The predicted molar refractivity (Wildman–Crippen MR) is 54.5 cm³/mol. The summed E-state index contributed by atoms with van der Waals surface area (Å²) in [6, 6.07) is 7.50. The third kappa shape index (κ3) is 3.23. The van der Waals surface area contributed by atoms with Crippen LogP contribution in [0.15, 0.2) is 28.9 Å². The Hall–Kier alpha value is -1.38. The predicted octanol–water partition coefficient (Wildman–Crippen LogP) is 3.28. The summed E-state index contributed by atoms with van der Waals surface area (Å²) in [5.74, 6) is 0. The van der Waals surface area contributed by atoms with Gasteiger partial charge in [-0.25, -0.2) is 4.63 Å². The van der Waals surface area contributed by atoms with Crippen LogP contribution in [0.3, 0.4) is 0 Å². The molecule has 1 heterocycles. The van der Waals surface area contributed by atoms with Gasteiger partial charge in [-0.2, -0.15) is 0 Å². The van der Waals surface area contributed by atoms with Gasteiger partial charge in [-0.15, -0.1) is 0 Å². The number of hydrogen-bond donors (Lipinski definition) is 0. The first-order valence-electron chi connectivity index (χ1n) is 4.64. The van der Waals surface area contributed by atoms with Crippen LogP contribution in [0.4, 0.5) is 0 Å². The second kappa shape index (κ2) is 7.28. The Kier molecular flexibility index (Phi) is 6.51. The smallest absolute Gasteiger partial charge is 0.135 e. The van der Waals surface area contributed by atoms with E-state index in [-0.39, 0.29) is 0 Å². The number of hydrogen-bond acceptors (Lipinski definition) is 3. The van der Waals surface area contributed by atoms with Gasteiger partial charge in [-0.1, -0.05) is 39.8 Å². The molecule has 0 N–H and O–H groups in total. The molecule has 0 atom stereocenters. The second-order valence-corrected chi connectivity index (χ2v) is 1.75. The van der Waals surface area contributed by atoms with Crippen molar-refractivity contribution in [2.24, 2.45) is 0 Å². The lowest BCUT2D eigenvalue weighted by molar-refractivity contribution is 0.315.